The van der Waals surface area contributed by atoms with Crippen LogP contribution in [0, 0.1) is 0 Å². The quantitative estimate of drug-likeness (QED) is 0.638. The van der Waals surface area contributed by atoms with E-state index in [9.17, 15) is 9.59 Å². The van der Waals surface area contributed by atoms with Crippen LogP contribution in [-0.2, 0) is 4.79 Å². The molecule has 0 fully saturated rings. The van der Waals surface area contributed by atoms with Gasteiger partial charge in [-0.05, 0) is 11.4 Å². The predicted molar refractivity (Wildman–Crippen MR) is 65.9 cm³/mol. The summed E-state index contributed by atoms with van der Waals surface area (Å²) >= 11 is 2.75. The maximum absolute atomic E-state index is 11.2. The minimum atomic E-state index is -0.848. The number of hydrogen-bond acceptors (Lipinski definition) is 6. The van der Waals surface area contributed by atoms with E-state index in [0.29, 0.717) is 0 Å². The van der Waals surface area contributed by atoms with Gasteiger partial charge in [0.1, 0.15) is 11.4 Å². The molecular formula is C9H8N4O2S2. The van der Waals surface area contributed by atoms with Crippen LogP contribution >= 0.6 is 23.1 Å². The monoisotopic (exact) mass is 268 g/mol. The number of hydrogen-bond donors (Lipinski definition) is 2. The molecule has 0 bridgehead atoms. The van der Waals surface area contributed by atoms with Crippen LogP contribution in [0.4, 0.5) is 4.79 Å². The number of carbonyl (C=O) groups is 2. The van der Waals surface area contributed by atoms with Crippen molar-refractivity contribution in [3.05, 3.63) is 17.8 Å². The molecule has 0 aliphatic rings. The van der Waals surface area contributed by atoms with Crippen molar-refractivity contribution in [2.24, 2.45) is 5.73 Å². The van der Waals surface area contributed by atoms with Crippen molar-refractivity contribution in [3.8, 4) is 0 Å². The van der Waals surface area contributed by atoms with Gasteiger partial charge in [-0.2, -0.15) is 0 Å². The largest absolute Gasteiger partial charge is 0.351 e. The molecule has 0 atom stereocenters. The summed E-state index contributed by atoms with van der Waals surface area (Å²) in [6.07, 6.45) is 1.45. The zero-order valence-electron chi connectivity index (χ0n) is 8.54. The first-order valence-electron chi connectivity index (χ1n) is 4.57. The molecule has 0 aromatic carbocycles. The van der Waals surface area contributed by atoms with Gasteiger partial charge in [-0.15, -0.1) is 11.3 Å². The van der Waals surface area contributed by atoms with Crippen molar-refractivity contribution in [2.45, 2.75) is 5.03 Å². The number of rotatable bonds is 3. The fraction of sp³-hybridized carbons (Fsp3) is 0.111. The van der Waals surface area contributed by atoms with Crippen molar-refractivity contribution < 1.29 is 9.59 Å². The number of aromatic nitrogens is 2. The second kappa shape index (κ2) is 5.11. The van der Waals surface area contributed by atoms with Gasteiger partial charge in [0.2, 0.25) is 5.91 Å². The molecule has 0 radical (unpaired) electrons. The number of nitrogens with one attached hydrogen (secondary N) is 1. The second-order valence-corrected chi connectivity index (χ2v) is 4.90. The van der Waals surface area contributed by atoms with E-state index in [1.165, 1.54) is 29.4 Å². The third-order valence-corrected chi connectivity index (χ3v) is 3.84. The van der Waals surface area contributed by atoms with E-state index in [-0.39, 0.29) is 5.75 Å². The Morgan fingerprint density at radius 1 is 1.47 bits per heavy atom. The van der Waals surface area contributed by atoms with Crippen molar-refractivity contribution in [1.82, 2.24) is 15.3 Å². The smallest absolute Gasteiger partial charge is 0.318 e. The van der Waals surface area contributed by atoms with Gasteiger partial charge in [0.25, 0.3) is 0 Å². The molecule has 0 unspecified atom stereocenters. The molecule has 2 aromatic rings. The minimum absolute atomic E-state index is 0.0902. The van der Waals surface area contributed by atoms with Gasteiger partial charge in [0, 0.05) is 0 Å². The van der Waals surface area contributed by atoms with Crippen LogP contribution in [0.3, 0.4) is 0 Å². The number of nitrogens with zero attached hydrogens (tertiary/aromatic N) is 2. The number of urea groups is 1. The highest BCUT2D eigenvalue weighted by Crippen LogP contribution is 2.28. The molecule has 2 aromatic heterocycles. The molecular weight excluding hydrogens is 260 g/mol. The Hall–Kier alpha value is -1.67. The van der Waals surface area contributed by atoms with Gasteiger partial charge < -0.3 is 5.73 Å². The average Bonchev–Trinajstić information content (AvgIpc) is 2.73. The summed E-state index contributed by atoms with van der Waals surface area (Å²) in [5.74, 6) is -0.349. The minimum Gasteiger partial charge on any atom is -0.351 e. The van der Waals surface area contributed by atoms with Gasteiger partial charge in [0.15, 0.2) is 0 Å². The molecule has 88 valence electrons. The lowest BCUT2D eigenvalue weighted by Gasteiger charge is -2.01. The fourth-order valence-electron chi connectivity index (χ4n) is 1.18. The molecule has 8 heteroatoms. The first-order chi connectivity index (χ1) is 8.16. The highest BCUT2D eigenvalue weighted by Gasteiger charge is 2.09. The number of carbonyl (C=O) groups excluding carboxylic acids is 2. The zero-order chi connectivity index (χ0) is 12.3. The van der Waals surface area contributed by atoms with Crippen molar-refractivity contribution in [2.75, 3.05) is 5.75 Å². The van der Waals surface area contributed by atoms with E-state index in [1.807, 2.05) is 16.8 Å². The van der Waals surface area contributed by atoms with E-state index < -0.39 is 11.9 Å². The lowest BCUT2D eigenvalue weighted by Crippen LogP contribution is -2.36. The molecule has 2 rings (SSSR count). The van der Waals surface area contributed by atoms with Gasteiger partial charge in [-0.25, -0.2) is 14.8 Å². The maximum Gasteiger partial charge on any atom is 0.318 e. The Kier molecular flexibility index (Phi) is 3.55. The predicted octanol–water partition coefficient (Wildman–Crippen LogP) is 0.978. The molecule has 0 aliphatic heterocycles. The molecule has 2 heterocycles. The van der Waals surface area contributed by atoms with Crippen LogP contribution in [0.25, 0.3) is 10.2 Å². The number of thioether (sulfide) groups is 1. The summed E-state index contributed by atoms with van der Waals surface area (Å²) in [6.45, 7) is 0. The first-order valence-corrected chi connectivity index (χ1v) is 6.43. The van der Waals surface area contributed by atoms with Gasteiger partial charge in [-0.3, -0.25) is 10.1 Å². The third kappa shape index (κ3) is 2.92. The van der Waals surface area contributed by atoms with Crippen molar-refractivity contribution in [1.29, 1.82) is 0 Å². The zero-order valence-corrected chi connectivity index (χ0v) is 10.2. The second-order valence-electron chi connectivity index (χ2n) is 3.01. The van der Waals surface area contributed by atoms with Gasteiger partial charge in [0.05, 0.1) is 16.0 Å². The molecule has 17 heavy (non-hydrogen) atoms. The van der Waals surface area contributed by atoms with E-state index in [0.717, 1.165) is 15.2 Å². The van der Waals surface area contributed by atoms with E-state index in [4.69, 9.17) is 5.73 Å². The summed E-state index contributed by atoms with van der Waals surface area (Å²) in [5.41, 5.74) is 5.68. The number of thiophene rings is 1. The lowest BCUT2D eigenvalue weighted by atomic mass is 10.5. The molecule has 0 aliphatic carbocycles. The van der Waals surface area contributed by atoms with Gasteiger partial charge in [-0.1, -0.05) is 11.8 Å². The van der Waals surface area contributed by atoms with Crippen LogP contribution < -0.4 is 11.1 Å². The Morgan fingerprint density at radius 3 is 3.06 bits per heavy atom. The Morgan fingerprint density at radius 2 is 2.29 bits per heavy atom. The van der Waals surface area contributed by atoms with E-state index in [2.05, 4.69) is 9.97 Å². The number of primary amides is 1. The van der Waals surface area contributed by atoms with Gasteiger partial charge >= 0.3 is 6.03 Å². The van der Waals surface area contributed by atoms with E-state index >= 15 is 0 Å². The summed E-state index contributed by atoms with van der Waals surface area (Å²) in [6, 6.07) is 1.04. The van der Waals surface area contributed by atoms with Crippen LogP contribution in [-0.4, -0.2) is 27.7 Å². The number of nitrogens with two attached hydrogens (primary N) is 1. The SMILES string of the molecule is NC(=O)NC(=O)CSc1ncnc2ccsc12. The van der Waals surface area contributed by atoms with Crippen LogP contribution in [0.15, 0.2) is 22.8 Å². The fourth-order valence-corrected chi connectivity index (χ4v) is 2.92. The first kappa shape index (κ1) is 11.8. The van der Waals surface area contributed by atoms with Crippen molar-refractivity contribution in [3.63, 3.8) is 0 Å². The maximum atomic E-state index is 11.2. The Balaban J connectivity index is 2.06. The summed E-state index contributed by atoms with van der Waals surface area (Å²) < 4.78 is 0.935. The Bertz CT molecular complexity index is 569. The number of fused-ring (bicyclic) bond motifs is 1. The summed E-state index contributed by atoms with van der Waals surface area (Å²) in [4.78, 5) is 29.9. The van der Waals surface area contributed by atoms with Crippen LogP contribution in [0.2, 0.25) is 0 Å². The van der Waals surface area contributed by atoms with Crippen LogP contribution in [0.1, 0.15) is 0 Å². The molecule has 3 N–H and O–H groups in total. The Labute approximate surface area is 105 Å². The topological polar surface area (TPSA) is 98.0 Å². The van der Waals surface area contributed by atoms with E-state index in [1.54, 1.807) is 0 Å². The number of imide groups is 1. The molecule has 6 nitrogen and oxygen atoms in total. The summed E-state index contributed by atoms with van der Waals surface area (Å²) in [7, 11) is 0. The highest BCUT2D eigenvalue weighted by atomic mass is 32.2. The number of amides is 3. The standard InChI is InChI=1S/C9H8N4O2S2/c10-9(15)13-6(14)3-17-8-7-5(1-2-16-7)11-4-12-8/h1-2,4H,3H2,(H3,10,13,14,15). The molecule has 0 saturated carbocycles. The van der Waals surface area contributed by atoms with Crippen LogP contribution in [0.5, 0.6) is 0 Å². The normalized spacial score (nSPS) is 10.4. The lowest BCUT2D eigenvalue weighted by molar-refractivity contribution is -0.117. The van der Waals surface area contributed by atoms with Crippen molar-refractivity contribution >= 4 is 45.3 Å². The highest BCUT2D eigenvalue weighted by molar-refractivity contribution is 8.00. The molecule has 3 amide bonds. The molecule has 0 saturated heterocycles. The molecule has 0 spiro atoms. The average molecular weight is 268 g/mol. The summed E-state index contributed by atoms with van der Waals surface area (Å²) in [5, 5.41) is 4.63. The third-order valence-electron chi connectivity index (χ3n) is 1.81.